The van der Waals surface area contributed by atoms with Crippen molar-refractivity contribution in [2.75, 3.05) is 13.2 Å². The van der Waals surface area contributed by atoms with E-state index in [-0.39, 0.29) is 26.1 Å². The van der Waals surface area contributed by atoms with Gasteiger partial charge in [-0.3, -0.25) is 0 Å². The Kier molecular flexibility index (Phi) is 4.43. The predicted octanol–water partition coefficient (Wildman–Crippen LogP) is 1.50. The SMILES string of the molecule is CCOC(=O)C(F)(F)C1(O)CCOC(CC)C1. The molecule has 0 aromatic heterocycles. The largest absolute Gasteiger partial charge is 0.461 e. The molecule has 1 aliphatic rings. The summed E-state index contributed by atoms with van der Waals surface area (Å²) in [5.41, 5.74) is -2.36. The number of ether oxygens (including phenoxy) is 2. The molecular weight excluding hydrogens is 234 g/mol. The van der Waals surface area contributed by atoms with E-state index in [0.717, 1.165) is 0 Å². The molecule has 100 valence electrons. The van der Waals surface area contributed by atoms with Crippen molar-refractivity contribution in [3.63, 3.8) is 0 Å². The summed E-state index contributed by atoms with van der Waals surface area (Å²) in [7, 11) is 0. The third-order valence-corrected chi connectivity index (χ3v) is 3.01. The van der Waals surface area contributed by atoms with Crippen molar-refractivity contribution in [1.82, 2.24) is 0 Å². The average Bonchev–Trinajstić information content (AvgIpc) is 2.29. The van der Waals surface area contributed by atoms with Gasteiger partial charge in [0.15, 0.2) is 0 Å². The number of halogens is 2. The van der Waals surface area contributed by atoms with Crippen LogP contribution in [0.1, 0.15) is 33.1 Å². The van der Waals surface area contributed by atoms with Crippen LogP contribution in [0, 0.1) is 0 Å². The Balaban J connectivity index is 2.83. The maximum absolute atomic E-state index is 13.8. The Morgan fingerprint density at radius 2 is 2.24 bits per heavy atom. The highest BCUT2D eigenvalue weighted by Crippen LogP contribution is 2.40. The van der Waals surface area contributed by atoms with E-state index >= 15 is 0 Å². The molecule has 0 bridgehead atoms. The van der Waals surface area contributed by atoms with Crippen LogP contribution >= 0.6 is 0 Å². The second-order valence-electron chi connectivity index (χ2n) is 4.18. The molecule has 0 aromatic rings. The number of alkyl halides is 2. The molecule has 1 heterocycles. The molecule has 0 amide bonds. The molecule has 0 saturated carbocycles. The van der Waals surface area contributed by atoms with Crippen LogP contribution in [0.5, 0.6) is 0 Å². The van der Waals surface area contributed by atoms with Crippen LogP contribution in [0.15, 0.2) is 0 Å². The lowest BCUT2D eigenvalue weighted by atomic mass is 9.83. The number of aliphatic hydroxyl groups is 1. The van der Waals surface area contributed by atoms with Crippen molar-refractivity contribution in [1.29, 1.82) is 0 Å². The van der Waals surface area contributed by atoms with E-state index in [1.807, 2.05) is 0 Å². The number of carbonyl (C=O) groups is 1. The summed E-state index contributed by atoms with van der Waals surface area (Å²) >= 11 is 0. The number of carbonyl (C=O) groups excluding carboxylic acids is 1. The van der Waals surface area contributed by atoms with E-state index in [1.165, 1.54) is 6.92 Å². The van der Waals surface area contributed by atoms with Gasteiger partial charge in [-0.2, -0.15) is 8.78 Å². The lowest BCUT2D eigenvalue weighted by molar-refractivity contribution is -0.237. The van der Waals surface area contributed by atoms with Gasteiger partial charge in [-0.05, 0) is 13.3 Å². The zero-order chi connectivity index (χ0) is 13.1. The minimum atomic E-state index is -3.89. The molecule has 17 heavy (non-hydrogen) atoms. The zero-order valence-electron chi connectivity index (χ0n) is 10.0. The quantitative estimate of drug-likeness (QED) is 0.770. The Morgan fingerprint density at radius 3 is 2.76 bits per heavy atom. The van der Waals surface area contributed by atoms with Crippen LogP contribution in [0.4, 0.5) is 8.78 Å². The van der Waals surface area contributed by atoms with Gasteiger partial charge in [0.2, 0.25) is 0 Å². The summed E-state index contributed by atoms with van der Waals surface area (Å²) in [6, 6.07) is 0. The van der Waals surface area contributed by atoms with Gasteiger partial charge >= 0.3 is 11.9 Å². The summed E-state index contributed by atoms with van der Waals surface area (Å²) in [5, 5.41) is 9.97. The van der Waals surface area contributed by atoms with E-state index in [2.05, 4.69) is 4.74 Å². The highest BCUT2D eigenvalue weighted by molar-refractivity contribution is 5.79. The molecule has 0 aromatic carbocycles. The fraction of sp³-hybridized carbons (Fsp3) is 0.909. The smallest absolute Gasteiger partial charge is 0.380 e. The van der Waals surface area contributed by atoms with E-state index in [4.69, 9.17) is 4.74 Å². The standard InChI is InChI=1S/C11H18F2O4/c1-3-8-7-10(15,5-6-17-8)11(12,13)9(14)16-4-2/h8,15H,3-7H2,1-2H3. The molecule has 2 unspecified atom stereocenters. The first-order valence-corrected chi connectivity index (χ1v) is 5.76. The van der Waals surface area contributed by atoms with Crippen molar-refractivity contribution in [3.8, 4) is 0 Å². The van der Waals surface area contributed by atoms with Crippen LogP contribution < -0.4 is 0 Å². The van der Waals surface area contributed by atoms with Crippen molar-refractivity contribution < 1.29 is 28.2 Å². The van der Waals surface area contributed by atoms with Crippen LogP contribution in [-0.4, -0.2) is 41.9 Å². The maximum Gasteiger partial charge on any atom is 0.380 e. The molecule has 0 spiro atoms. The van der Waals surface area contributed by atoms with Gasteiger partial charge in [-0.15, -0.1) is 0 Å². The first-order chi connectivity index (χ1) is 7.87. The van der Waals surface area contributed by atoms with Gasteiger partial charge in [-0.1, -0.05) is 6.92 Å². The van der Waals surface area contributed by atoms with Crippen molar-refractivity contribution in [2.45, 2.75) is 50.7 Å². The number of hydrogen-bond acceptors (Lipinski definition) is 4. The van der Waals surface area contributed by atoms with Gasteiger partial charge in [0.25, 0.3) is 0 Å². The van der Waals surface area contributed by atoms with E-state index < -0.39 is 23.6 Å². The molecule has 4 nitrogen and oxygen atoms in total. The second-order valence-corrected chi connectivity index (χ2v) is 4.18. The Hall–Kier alpha value is -0.750. The van der Waals surface area contributed by atoms with Crippen LogP contribution in [0.25, 0.3) is 0 Å². The van der Waals surface area contributed by atoms with Gasteiger partial charge in [-0.25, -0.2) is 4.79 Å². The van der Waals surface area contributed by atoms with Gasteiger partial charge in [0, 0.05) is 19.4 Å². The van der Waals surface area contributed by atoms with Gasteiger partial charge < -0.3 is 14.6 Å². The minimum Gasteiger partial charge on any atom is -0.461 e. The Morgan fingerprint density at radius 1 is 1.59 bits per heavy atom. The fourth-order valence-electron chi connectivity index (χ4n) is 1.89. The third kappa shape index (κ3) is 2.74. The zero-order valence-corrected chi connectivity index (χ0v) is 10.0. The molecule has 0 aliphatic carbocycles. The first kappa shape index (κ1) is 14.3. The number of hydrogen-bond donors (Lipinski definition) is 1. The maximum atomic E-state index is 13.8. The summed E-state index contributed by atoms with van der Waals surface area (Å²) in [5.74, 6) is -5.56. The molecule has 0 radical (unpaired) electrons. The van der Waals surface area contributed by atoms with E-state index in [0.29, 0.717) is 6.42 Å². The average molecular weight is 252 g/mol. The van der Waals surface area contributed by atoms with Crippen LogP contribution in [0.2, 0.25) is 0 Å². The Labute approximate surface area is 98.9 Å². The number of esters is 1. The fourth-order valence-corrected chi connectivity index (χ4v) is 1.89. The molecule has 1 N–H and O–H groups in total. The minimum absolute atomic E-state index is 0.0179. The highest BCUT2D eigenvalue weighted by Gasteiger charge is 2.60. The molecule has 1 fully saturated rings. The van der Waals surface area contributed by atoms with Crippen molar-refractivity contribution >= 4 is 5.97 Å². The van der Waals surface area contributed by atoms with Crippen LogP contribution in [0.3, 0.4) is 0 Å². The lowest BCUT2D eigenvalue weighted by Gasteiger charge is -2.40. The lowest BCUT2D eigenvalue weighted by Crippen LogP contribution is -2.58. The summed E-state index contributed by atoms with van der Waals surface area (Å²) in [6.07, 6.45) is -0.458. The highest BCUT2D eigenvalue weighted by atomic mass is 19.3. The van der Waals surface area contributed by atoms with Gasteiger partial charge in [0.1, 0.15) is 5.60 Å². The van der Waals surface area contributed by atoms with E-state index in [1.54, 1.807) is 6.92 Å². The molecule has 6 heteroatoms. The second kappa shape index (κ2) is 5.27. The van der Waals surface area contributed by atoms with Crippen molar-refractivity contribution in [2.24, 2.45) is 0 Å². The first-order valence-electron chi connectivity index (χ1n) is 5.76. The Bertz CT molecular complexity index is 283. The molecule has 1 rings (SSSR count). The molecule has 2 atom stereocenters. The van der Waals surface area contributed by atoms with Gasteiger partial charge in [0.05, 0.1) is 12.7 Å². The predicted molar refractivity (Wildman–Crippen MR) is 55.8 cm³/mol. The van der Waals surface area contributed by atoms with Crippen molar-refractivity contribution in [3.05, 3.63) is 0 Å². The summed E-state index contributed by atoms with van der Waals surface area (Å²) < 4.78 is 37.1. The van der Waals surface area contributed by atoms with E-state index in [9.17, 15) is 18.7 Å². The molecular formula is C11H18F2O4. The molecule has 1 aliphatic heterocycles. The van der Waals surface area contributed by atoms with Crippen LogP contribution in [-0.2, 0) is 14.3 Å². The topological polar surface area (TPSA) is 55.8 Å². The monoisotopic (exact) mass is 252 g/mol. The molecule has 1 saturated heterocycles. The normalized spacial score (nSPS) is 30.1. The summed E-state index contributed by atoms with van der Waals surface area (Å²) in [4.78, 5) is 11.2. The summed E-state index contributed by atoms with van der Waals surface area (Å²) in [6.45, 7) is 3.10. The third-order valence-electron chi connectivity index (χ3n) is 3.01. The number of rotatable bonds is 4.